The molecule has 2 N–H and O–H groups in total. The second kappa shape index (κ2) is 5.85. The normalized spacial score (nSPS) is 12.9. The first-order chi connectivity index (χ1) is 6.59. The first-order valence-electron chi connectivity index (χ1n) is 4.42. The fourth-order valence-corrected chi connectivity index (χ4v) is 1.75. The fourth-order valence-electron chi connectivity index (χ4n) is 1.07. The average Bonchev–Trinajstić information content (AvgIpc) is 2.10. The molecule has 0 aromatic heterocycles. The van der Waals surface area contributed by atoms with Crippen LogP contribution in [-0.2, 0) is 6.54 Å². The summed E-state index contributed by atoms with van der Waals surface area (Å²) in [4.78, 5) is 0. The monoisotopic (exact) mass is 321 g/mol. The highest BCUT2D eigenvalue weighted by molar-refractivity contribution is 9.13. The Morgan fingerprint density at radius 1 is 1.36 bits per heavy atom. The Labute approximate surface area is 101 Å². The summed E-state index contributed by atoms with van der Waals surface area (Å²) in [6.45, 7) is 3.16. The standard InChI is InChI=1S/C10H13Br2NO/c1-7(14)5-13-6-8-2-3-9(11)10(12)4-8/h2-4,7,13-14H,5-6H2,1H3/t7-/m1/s1. The van der Waals surface area contributed by atoms with Crippen molar-refractivity contribution < 1.29 is 5.11 Å². The molecular weight excluding hydrogens is 310 g/mol. The van der Waals surface area contributed by atoms with Crippen LogP contribution >= 0.6 is 31.9 Å². The van der Waals surface area contributed by atoms with Crippen molar-refractivity contribution in [2.24, 2.45) is 0 Å². The van der Waals surface area contributed by atoms with Crippen molar-refractivity contribution in [3.05, 3.63) is 32.7 Å². The molecule has 0 amide bonds. The van der Waals surface area contributed by atoms with E-state index < -0.39 is 0 Å². The van der Waals surface area contributed by atoms with Crippen molar-refractivity contribution in [2.75, 3.05) is 6.54 Å². The Kier molecular flexibility index (Phi) is 5.09. The molecule has 14 heavy (non-hydrogen) atoms. The minimum absolute atomic E-state index is 0.297. The molecule has 0 aliphatic carbocycles. The van der Waals surface area contributed by atoms with Crippen molar-refractivity contribution in [1.29, 1.82) is 0 Å². The van der Waals surface area contributed by atoms with Gasteiger partial charge in [0.1, 0.15) is 0 Å². The van der Waals surface area contributed by atoms with Crippen LogP contribution in [0.3, 0.4) is 0 Å². The molecule has 1 rings (SSSR count). The largest absolute Gasteiger partial charge is 0.392 e. The van der Waals surface area contributed by atoms with Crippen molar-refractivity contribution >= 4 is 31.9 Å². The molecule has 0 aliphatic heterocycles. The zero-order valence-electron chi connectivity index (χ0n) is 7.93. The van der Waals surface area contributed by atoms with Crippen LogP contribution in [0.5, 0.6) is 0 Å². The Morgan fingerprint density at radius 2 is 2.07 bits per heavy atom. The number of nitrogens with one attached hydrogen (secondary N) is 1. The van der Waals surface area contributed by atoms with Crippen LogP contribution in [-0.4, -0.2) is 17.8 Å². The SMILES string of the molecule is C[C@@H](O)CNCc1ccc(Br)c(Br)c1. The van der Waals surface area contributed by atoms with Crippen molar-refractivity contribution in [2.45, 2.75) is 19.6 Å². The first-order valence-corrected chi connectivity index (χ1v) is 6.01. The van der Waals surface area contributed by atoms with E-state index in [1.54, 1.807) is 6.92 Å². The topological polar surface area (TPSA) is 32.3 Å². The fraction of sp³-hybridized carbons (Fsp3) is 0.400. The number of aliphatic hydroxyl groups excluding tert-OH is 1. The number of hydrogen-bond acceptors (Lipinski definition) is 2. The molecule has 0 unspecified atom stereocenters. The van der Waals surface area contributed by atoms with E-state index in [0.29, 0.717) is 6.54 Å². The second-order valence-corrected chi connectivity index (χ2v) is 4.94. The molecule has 0 aliphatic rings. The van der Waals surface area contributed by atoms with Gasteiger partial charge in [-0.3, -0.25) is 0 Å². The van der Waals surface area contributed by atoms with Gasteiger partial charge in [0.2, 0.25) is 0 Å². The summed E-state index contributed by atoms with van der Waals surface area (Å²) in [6, 6.07) is 6.10. The van der Waals surface area contributed by atoms with Gasteiger partial charge in [0.15, 0.2) is 0 Å². The summed E-state index contributed by atoms with van der Waals surface area (Å²) in [5.41, 5.74) is 1.20. The molecule has 0 saturated heterocycles. The summed E-state index contributed by atoms with van der Waals surface area (Å²) >= 11 is 6.86. The summed E-state index contributed by atoms with van der Waals surface area (Å²) in [5.74, 6) is 0. The first kappa shape index (κ1) is 12.2. The molecule has 0 bridgehead atoms. The van der Waals surface area contributed by atoms with E-state index in [-0.39, 0.29) is 6.10 Å². The predicted molar refractivity (Wildman–Crippen MR) is 65.2 cm³/mol. The van der Waals surface area contributed by atoms with E-state index >= 15 is 0 Å². The molecule has 2 nitrogen and oxygen atoms in total. The molecule has 0 fully saturated rings. The van der Waals surface area contributed by atoms with Crippen LogP contribution in [0.4, 0.5) is 0 Å². The van der Waals surface area contributed by atoms with Crippen molar-refractivity contribution in [1.82, 2.24) is 5.32 Å². The van der Waals surface area contributed by atoms with Crippen LogP contribution < -0.4 is 5.32 Å². The number of hydrogen-bond donors (Lipinski definition) is 2. The Bertz CT molecular complexity index is 302. The van der Waals surface area contributed by atoms with Gasteiger partial charge in [0.05, 0.1) is 6.10 Å². The highest BCUT2D eigenvalue weighted by Gasteiger charge is 1.99. The summed E-state index contributed by atoms with van der Waals surface area (Å²) < 4.78 is 2.10. The molecule has 0 radical (unpaired) electrons. The summed E-state index contributed by atoms with van der Waals surface area (Å²) in [5, 5.41) is 12.2. The summed E-state index contributed by atoms with van der Waals surface area (Å²) in [6.07, 6.45) is -0.297. The van der Waals surface area contributed by atoms with E-state index in [1.165, 1.54) is 5.56 Å². The minimum Gasteiger partial charge on any atom is -0.392 e. The molecule has 1 atom stereocenters. The van der Waals surface area contributed by atoms with Crippen LogP contribution in [0.1, 0.15) is 12.5 Å². The lowest BCUT2D eigenvalue weighted by atomic mass is 10.2. The maximum atomic E-state index is 9.05. The maximum Gasteiger partial charge on any atom is 0.0636 e. The van der Waals surface area contributed by atoms with Crippen molar-refractivity contribution in [3.8, 4) is 0 Å². The van der Waals surface area contributed by atoms with Gasteiger partial charge in [-0.25, -0.2) is 0 Å². The second-order valence-electron chi connectivity index (χ2n) is 3.23. The van der Waals surface area contributed by atoms with E-state index in [1.807, 2.05) is 12.1 Å². The zero-order chi connectivity index (χ0) is 10.6. The predicted octanol–water partition coefficient (Wildman–Crippen LogP) is 2.68. The van der Waals surface area contributed by atoms with Crippen LogP contribution in [0.25, 0.3) is 0 Å². The van der Waals surface area contributed by atoms with E-state index in [0.717, 1.165) is 15.5 Å². The van der Waals surface area contributed by atoms with Crippen LogP contribution in [0, 0.1) is 0 Å². The number of rotatable bonds is 4. The smallest absolute Gasteiger partial charge is 0.0636 e. The molecule has 0 spiro atoms. The third-order valence-corrected chi connectivity index (χ3v) is 3.63. The van der Waals surface area contributed by atoms with Gasteiger partial charge in [0.25, 0.3) is 0 Å². The van der Waals surface area contributed by atoms with E-state index in [4.69, 9.17) is 5.11 Å². The Hall–Kier alpha value is 0.1000. The maximum absolute atomic E-state index is 9.05. The Balaban J connectivity index is 2.47. The van der Waals surface area contributed by atoms with Crippen LogP contribution in [0.15, 0.2) is 27.1 Å². The van der Waals surface area contributed by atoms with Gasteiger partial charge in [0, 0.05) is 22.0 Å². The lowest BCUT2D eigenvalue weighted by Gasteiger charge is -2.07. The van der Waals surface area contributed by atoms with E-state index in [9.17, 15) is 0 Å². The van der Waals surface area contributed by atoms with Gasteiger partial charge >= 0.3 is 0 Å². The molecule has 0 saturated carbocycles. The highest BCUT2D eigenvalue weighted by Crippen LogP contribution is 2.23. The molecular formula is C10H13Br2NO. The minimum atomic E-state index is -0.297. The molecule has 1 aromatic rings. The van der Waals surface area contributed by atoms with Gasteiger partial charge in [-0.15, -0.1) is 0 Å². The van der Waals surface area contributed by atoms with E-state index in [2.05, 4.69) is 43.2 Å². The highest BCUT2D eigenvalue weighted by atomic mass is 79.9. The lowest BCUT2D eigenvalue weighted by Crippen LogP contribution is -2.23. The number of aliphatic hydroxyl groups is 1. The van der Waals surface area contributed by atoms with Gasteiger partial charge in [-0.1, -0.05) is 6.07 Å². The third kappa shape index (κ3) is 4.09. The van der Waals surface area contributed by atoms with Gasteiger partial charge in [-0.2, -0.15) is 0 Å². The van der Waals surface area contributed by atoms with Gasteiger partial charge in [-0.05, 0) is 56.5 Å². The van der Waals surface area contributed by atoms with Crippen LogP contribution in [0.2, 0.25) is 0 Å². The molecule has 78 valence electrons. The molecule has 0 heterocycles. The third-order valence-electron chi connectivity index (χ3n) is 1.75. The quantitative estimate of drug-likeness (QED) is 0.893. The van der Waals surface area contributed by atoms with Gasteiger partial charge < -0.3 is 10.4 Å². The number of halogens is 2. The lowest BCUT2D eigenvalue weighted by molar-refractivity contribution is 0.191. The average molecular weight is 323 g/mol. The summed E-state index contributed by atoms with van der Waals surface area (Å²) in [7, 11) is 0. The molecule has 1 aromatic carbocycles. The Morgan fingerprint density at radius 3 is 2.64 bits per heavy atom. The zero-order valence-corrected chi connectivity index (χ0v) is 11.1. The molecule has 4 heteroatoms. The van der Waals surface area contributed by atoms with Crippen molar-refractivity contribution in [3.63, 3.8) is 0 Å². The number of benzene rings is 1.